The number of hydrogen-bond acceptors (Lipinski definition) is 14. The third-order valence-corrected chi connectivity index (χ3v) is 16.9. The fourth-order valence-electron chi connectivity index (χ4n) is 9.73. The van der Waals surface area contributed by atoms with Crippen LogP contribution in [0, 0.1) is 18.8 Å². The summed E-state index contributed by atoms with van der Waals surface area (Å²) >= 11 is 9.30. The summed E-state index contributed by atoms with van der Waals surface area (Å²) in [5.41, 5.74) is 3.81. The van der Waals surface area contributed by atoms with Crippen LogP contribution in [0.15, 0.2) is 54.2 Å². The number of thioether (sulfide) groups is 1. The Bertz CT molecular complexity index is 2520. The number of methoxy groups -OCH3 is 1. The number of β-amino-alcohol motifs (C(OH)–C–C–N with tert-alkyl or cyclic N) is 1. The monoisotopic (exact) mass is 1020 g/mol. The second-order valence-corrected chi connectivity index (χ2v) is 22.5. The molecule has 4 amide bonds. The van der Waals surface area contributed by atoms with Crippen LogP contribution in [0.2, 0.25) is 5.02 Å². The number of likely N-dealkylation sites (tertiary alicyclic amines) is 1. The van der Waals surface area contributed by atoms with E-state index in [1.54, 1.807) is 55.5 Å². The number of benzene rings is 2. The first kappa shape index (κ1) is 51.3. The van der Waals surface area contributed by atoms with Gasteiger partial charge in [0, 0.05) is 69.6 Å². The lowest BCUT2D eigenvalue weighted by Crippen LogP contribution is -2.61. The summed E-state index contributed by atoms with van der Waals surface area (Å²) < 4.78 is 20.0. The van der Waals surface area contributed by atoms with Gasteiger partial charge in [-0.05, 0) is 99.8 Å². The average Bonchev–Trinajstić information content (AvgIpc) is 3.77. The van der Waals surface area contributed by atoms with Gasteiger partial charge in [-0.25, -0.2) is 14.4 Å². The van der Waals surface area contributed by atoms with Crippen LogP contribution in [0.25, 0.3) is 10.4 Å². The molecule has 70 heavy (non-hydrogen) atoms. The van der Waals surface area contributed by atoms with Crippen molar-refractivity contribution >= 4 is 75.8 Å². The molecule has 16 nitrogen and oxygen atoms in total. The van der Waals surface area contributed by atoms with Crippen molar-refractivity contribution in [3.8, 4) is 16.2 Å². The zero-order chi connectivity index (χ0) is 49.7. The van der Waals surface area contributed by atoms with Gasteiger partial charge in [-0.2, -0.15) is 16.7 Å². The Hall–Kier alpha value is -5.08. The average molecular weight is 1020 g/mol. The van der Waals surface area contributed by atoms with Crippen molar-refractivity contribution in [2.24, 2.45) is 11.8 Å². The molecule has 0 spiro atoms. The van der Waals surface area contributed by atoms with Gasteiger partial charge < -0.3 is 40.9 Å². The molecule has 376 valence electrons. The molecular formula is C50H64ClFN10O6S2. The number of ether oxygens (including phenoxy) is 1. The van der Waals surface area contributed by atoms with Crippen molar-refractivity contribution in [3.63, 3.8) is 0 Å². The van der Waals surface area contributed by atoms with Crippen molar-refractivity contribution < 1.29 is 33.4 Å². The Balaban J connectivity index is 0.837. The Morgan fingerprint density at radius 1 is 1.04 bits per heavy atom. The molecule has 4 fully saturated rings. The van der Waals surface area contributed by atoms with E-state index in [0.29, 0.717) is 58.7 Å². The number of amides is 4. The predicted molar refractivity (Wildman–Crippen MR) is 272 cm³/mol. The van der Waals surface area contributed by atoms with Gasteiger partial charge in [-0.15, -0.1) is 11.3 Å². The highest BCUT2D eigenvalue weighted by molar-refractivity contribution is 8.00. The molecule has 2 saturated carbocycles. The van der Waals surface area contributed by atoms with Gasteiger partial charge in [0.25, 0.3) is 11.8 Å². The molecule has 5 atom stereocenters. The molecule has 2 saturated heterocycles. The molecule has 5 N–H and O–H groups in total. The molecule has 20 heteroatoms. The van der Waals surface area contributed by atoms with Crippen LogP contribution in [0.4, 0.5) is 21.8 Å². The van der Waals surface area contributed by atoms with Gasteiger partial charge in [0.15, 0.2) is 5.67 Å². The summed E-state index contributed by atoms with van der Waals surface area (Å²) in [5.74, 6) is 1.09. The van der Waals surface area contributed by atoms with Crippen LogP contribution in [0.3, 0.4) is 0 Å². The number of rotatable bonds is 18. The van der Waals surface area contributed by atoms with Gasteiger partial charge in [-0.3, -0.25) is 24.1 Å². The van der Waals surface area contributed by atoms with Gasteiger partial charge in [-0.1, -0.05) is 42.3 Å². The van der Waals surface area contributed by atoms with E-state index >= 15 is 4.39 Å². The minimum atomic E-state index is -2.01. The predicted octanol–water partition coefficient (Wildman–Crippen LogP) is 6.70. The Morgan fingerprint density at radius 2 is 1.79 bits per heavy atom. The number of thiazole rings is 1. The smallest absolute Gasteiger partial charge is 0.258 e. The third-order valence-electron chi connectivity index (χ3n) is 14.0. The van der Waals surface area contributed by atoms with E-state index in [1.807, 2.05) is 55.4 Å². The number of aliphatic hydroxyl groups is 1. The summed E-state index contributed by atoms with van der Waals surface area (Å²) in [6.45, 7) is 9.58. The maximum Gasteiger partial charge on any atom is 0.258 e. The number of aryl methyl sites for hydroxylation is 1. The maximum absolute atomic E-state index is 15.2. The molecule has 1 unspecified atom stereocenters. The highest BCUT2D eigenvalue weighted by atomic mass is 35.5. The molecular weight excluding hydrogens is 955 g/mol. The van der Waals surface area contributed by atoms with E-state index in [9.17, 15) is 24.3 Å². The zero-order valence-corrected chi connectivity index (χ0v) is 42.8. The Morgan fingerprint density at radius 3 is 2.47 bits per heavy atom. The molecule has 2 aliphatic heterocycles. The molecule has 4 heterocycles. The van der Waals surface area contributed by atoms with Gasteiger partial charge >= 0.3 is 0 Å². The van der Waals surface area contributed by atoms with Gasteiger partial charge in [0.05, 0.1) is 41.2 Å². The molecule has 2 aromatic carbocycles. The fourth-order valence-corrected chi connectivity index (χ4v) is 12.0. The summed E-state index contributed by atoms with van der Waals surface area (Å²) in [6, 6.07) is 11.1. The van der Waals surface area contributed by atoms with Crippen LogP contribution in [0.5, 0.6) is 5.75 Å². The standard InChI is InChI=1S/C50H64ClFN10O6S2/c1-30-41(69-29-56-30)34-11-9-31(10-12-34)24-54-44(64)39-23-36(63)27-62(39)46(66)42(58-47(67)50(52)15-16-50)49(2,3)70-28-33-8-6-7-32(21-33)26-60-17-19-61(20-18-60)45(65)35-13-14-38(40(22-35)68-5)57-48-55-25-37(51)43(53-4)59-48/h9-14,22,25,29,32-33,36,39,42,63H,6-8,15-21,23-24,26-28H2,1-5H3,(H,54,64)(H,58,67)(H2,53,55,57,59)/t32-,33+,36-,39-,42?/m1/s1. The summed E-state index contributed by atoms with van der Waals surface area (Å²) in [4.78, 5) is 75.1. The van der Waals surface area contributed by atoms with E-state index in [2.05, 4.69) is 41.1 Å². The van der Waals surface area contributed by atoms with E-state index in [4.69, 9.17) is 16.3 Å². The van der Waals surface area contributed by atoms with Crippen LogP contribution in [-0.4, -0.2) is 146 Å². The third kappa shape index (κ3) is 12.1. The first-order valence-electron chi connectivity index (χ1n) is 24.1. The number of carbonyl (C=O) groups excluding carboxylic acids is 4. The van der Waals surface area contributed by atoms with Crippen molar-refractivity contribution in [2.75, 3.05) is 69.8 Å². The maximum atomic E-state index is 15.2. The number of anilines is 3. The number of hydrogen-bond donors (Lipinski definition) is 5. The lowest BCUT2D eigenvalue weighted by atomic mass is 9.82. The SMILES string of the molecule is CNc1nc(Nc2ccc(C(=O)N3CCN(C[C@@H]4CCC[C@H](CSC(C)(C)C(NC(=O)C5(F)CC5)C(=O)N5C[C@H](O)C[C@@H]5C(=O)NCc5ccc(-c6scnc6C)cc5)C4)CC3)cc2OC)ncc1Cl. The lowest BCUT2D eigenvalue weighted by molar-refractivity contribution is -0.143. The number of nitrogens with one attached hydrogen (secondary N) is 4. The number of carbonyl (C=O) groups is 4. The minimum absolute atomic E-state index is 0.0551. The van der Waals surface area contributed by atoms with Crippen LogP contribution >= 0.6 is 34.7 Å². The van der Waals surface area contributed by atoms with Gasteiger partial charge in [0.1, 0.15) is 28.7 Å². The largest absolute Gasteiger partial charge is 0.495 e. The molecule has 4 aliphatic rings. The number of nitrogens with zero attached hydrogens (tertiary/aromatic N) is 6. The second-order valence-electron chi connectivity index (χ2n) is 19.5. The van der Waals surface area contributed by atoms with Crippen molar-refractivity contribution in [2.45, 2.75) is 101 Å². The highest BCUT2D eigenvalue weighted by Gasteiger charge is 2.54. The molecule has 2 aliphatic carbocycles. The van der Waals surface area contributed by atoms with E-state index < -0.39 is 46.3 Å². The van der Waals surface area contributed by atoms with Crippen LogP contribution in [-0.2, 0) is 20.9 Å². The van der Waals surface area contributed by atoms with E-state index in [-0.39, 0.29) is 38.3 Å². The summed E-state index contributed by atoms with van der Waals surface area (Å²) in [7, 11) is 3.27. The van der Waals surface area contributed by atoms with Crippen LogP contribution in [0.1, 0.15) is 80.4 Å². The Kier molecular flexibility index (Phi) is 16.2. The van der Waals surface area contributed by atoms with Crippen LogP contribution < -0.4 is 26.0 Å². The topological polar surface area (TPSA) is 194 Å². The normalized spacial score (nSPS) is 21.7. The lowest BCUT2D eigenvalue weighted by Gasteiger charge is -2.40. The zero-order valence-electron chi connectivity index (χ0n) is 40.4. The Labute approximate surface area is 422 Å². The number of piperazine rings is 1. The highest BCUT2D eigenvalue weighted by Crippen LogP contribution is 2.42. The molecule has 0 bridgehead atoms. The molecule has 2 aromatic heterocycles. The van der Waals surface area contributed by atoms with Crippen molar-refractivity contribution in [3.05, 3.63) is 76.0 Å². The minimum Gasteiger partial charge on any atom is -0.495 e. The molecule has 4 aromatic rings. The first-order chi connectivity index (χ1) is 33.5. The second kappa shape index (κ2) is 22.1. The van der Waals surface area contributed by atoms with Crippen molar-refractivity contribution in [1.82, 2.24) is 40.3 Å². The van der Waals surface area contributed by atoms with E-state index in [1.165, 1.54) is 11.1 Å². The molecule has 0 radical (unpaired) electrons. The number of alkyl halides is 1. The number of aliphatic hydroxyl groups excluding tert-OH is 1. The van der Waals surface area contributed by atoms with E-state index in [0.717, 1.165) is 72.8 Å². The van der Waals surface area contributed by atoms with Gasteiger partial charge in [0.2, 0.25) is 17.8 Å². The summed E-state index contributed by atoms with van der Waals surface area (Å²) in [5, 5.41) is 23.0. The number of aromatic nitrogens is 3. The molecule has 8 rings (SSSR count). The van der Waals surface area contributed by atoms with Crippen molar-refractivity contribution in [1.29, 1.82) is 0 Å². The quantitative estimate of drug-likeness (QED) is 0.0708. The first-order valence-corrected chi connectivity index (χ1v) is 26.3. The number of halogens is 2. The summed E-state index contributed by atoms with van der Waals surface area (Å²) in [6.07, 6.45) is 5.05. The fraction of sp³-hybridized carbons (Fsp3) is 0.540.